The third kappa shape index (κ3) is 5.67. The molecular formula is C14H20N2O2. The highest BCUT2D eigenvalue weighted by atomic mass is 16.5. The van der Waals surface area contributed by atoms with Gasteiger partial charge in [0.05, 0.1) is 12.5 Å². The molecule has 0 fully saturated rings. The number of aliphatic hydroxyl groups excluding tert-OH is 1. The van der Waals surface area contributed by atoms with Crippen LogP contribution in [0.15, 0.2) is 24.3 Å². The summed E-state index contributed by atoms with van der Waals surface area (Å²) in [4.78, 5) is 0. The Morgan fingerprint density at radius 3 is 2.56 bits per heavy atom. The van der Waals surface area contributed by atoms with Crippen LogP contribution in [0.1, 0.15) is 19.4 Å². The minimum Gasteiger partial charge on any atom is -0.491 e. The van der Waals surface area contributed by atoms with Gasteiger partial charge in [-0.1, -0.05) is 26.0 Å². The molecule has 1 rings (SSSR count). The van der Waals surface area contributed by atoms with Crippen LogP contribution < -0.4 is 10.1 Å². The zero-order valence-corrected chi connectivity index (χ0v) is 10.9. The van der Waals surface area contributed by atoms with Crippen LogP contribution in [-0.2, 0) is 6.42 Å². The van der Waals surface area contributed by atoms with Crippen molar-refractivity contribution in [3.8, 4) is 11.8 Å². The van der Waals surface area contributed by atoms with Crippen LogP contribution in [0.25, 0.3) is 0 Å². The van der Waals surface area contributed by atoms with Crippen LogP contribution >= 0.6 is 0 Å². The molecule has 0 spiro atoms. The molecule has 4 heteroatoms. The van der Waals surface area contributed by atoms with Gasteiger partial charge in [0.2, 0.25) is 0 Å². The molecule has 1 aromatic rings. The first kappa shape index (κ1) is 14.5. The summed E-state index contributed by atoms with van der Waals surface area (Å²) in [6, 6.07) is 9.79. The number of nitrogens with zero attached hydrogens (tertiary/aromatic N) is 1. The van der Waals surface area contributed by atoms with E-state index in [9.17, 15) is 5.11 Å². The Morgan fingerprint density at radius 1 is 1.33 bits per heavy atom. The molecule has 0 bridgehead atoms. The average Bonchev–Trinajstić information content (AvgIpc) is 2.36. The molecule has 98 valence electrons. The van der Waals surface area contributed by atoms with Gasteiger partial charge in [0, 0.05) is 12.6 Å². The molecule has 0 radical (unpaired) electrons. The van der Waals surface area contributed by atoms with Gasteiger partial charge in [0.25, 0.3) is 0 Å². The average molecular weight is 248 g/mol. The quantitative estimate of drug-likeness (QED) is 0.767. The fourth-order valence-corrected chi connectivity index (χ4v) is 1.42. The molecule has 2 N–H and O–H groups in total. The number of nitriles is 1. The summed E-state index contributed by atoms with van der Waals surface area (Å²) in [7, 11) is 0. The molecule has 1 atom stereocenters. The molecule has 0 aliphatic heterocycles. The molecule has 0 aliphatic rings. The molecule has 0 saturated carbocycles. The smallest absolute Gasteiger partial charge is 0.119 e. The van der Waals surface area contributed by atoms with Gasteiger partial charge < -0.3 is 15.2 Å². The van der Waals surface area contributed by atoms with Gasteiger partial charge >= 0.3 is 0 Å². The maximum atomic E-state index is 9.67. The number of benzene rings is 1. The lowest BCUT2D eigenvalue weighted by atomic mass is 10.2. The Balaban J connectivity index is 2.32. The summed E-state index contributed by atoms with van der Waals surface area (Å²) >= 11 is 0. The van der Waals surface area contributed by atoms with Gasteiger partial charge in [-0.25, -0.2) is 0 Å². The maximum absolute atomic E-state index is 9.67. The molecule has 1 unspecified atom stereocenters. The van der Waals surface area contributed by atoms with E-state index in [0.29, 0.717) is 24.8 Å². The minimum absolute atomic E-state index is 0.261. The van der Waals surface area contributed by atoms with Crippen LogP contribution in [0.5, 0.6) is 5.75 Å². The molecular weight excluding hydrogens is 228 g/mol. The Labute approximate surface area is 108 Å². The Bertz CT molecular complexity index is 382. The van der Waals surface area contributed by atoms with Crippen molar-refractivity contribution in [1.29, 1.82) is 5.26 Å². The molecule has 4 nitrogen and oxygen atoms in total. The van der Waals surface area contributed by atoms with Crippen molar-refractivity contribution in [2.24, 2.45) is 0 Å². The topological polar surface area (TPSA) is 65.3 Å². The summed E-state index contributed by atoms with van der Waals surface area (Å²) in [6.45, 7) is 4.84. The Morgan fingerprint density at radius 2 is 2.00 bits per heavy atom. The number of rotatable bonds is 7. The van der Waals surface area contributed by atoms with Gasteiger partial charge in [-0.15, -0.1) is 0 Å². The van der Waals surface area contributed by atoms with Crippen molar-refractivity contribution in [2.75, 3.05) is 13.2 Å². The number of ether oxygens (including phenoxy) is 1. The van der Waals surface area contributed by atoms with Crippen molar-refractivity contribution in [1.82, 2.24) is 5.32 Å². The molecule has 0 aliphatic carbocycles. The third-order valence-electron chi connectivity index (χ3n) is 2.41. The minimum atomic E-state index is -0.522. The summed E-state index contributed by atoms with van der Waals surface area (Å²) in [5.74, 6) is 0.709. The van der Waals surface area contributed by atoms with Gasteiger partial charge in [-0.3, -0.25) is 0 Å². The first-order chi connectivity index (χ1) is 8.61. The second kappa shape index (κ2) is 7.70. The zero-order chi connectivity index (χ0) is 13.4. The van der Waals surface area contributed by atoms with Gasteiger partial charge in [-0.2, -0.15) is 5.26 Å². The molecule has 0 heterocycles. The molecule has 0 amide bonds. The second-order valence-electron chi connectivity index (χ2n) is 4.51. The van der Waals surface area contributed by atoms with Crippen LogP contribution in [0, 0.1) is 11.3 Å². The number of hydrogen-bond acceptors (Lipinski definition) is 4. The van der Waals surface area contributed by atoms with E-state index in [0.717, 1.165) is 5.56 Å². The van der Waals surface area contributed by atoms with Gasteiger partial charge in [0.1, 0.15) is 18.5 Å². The second-order valence-corrected chi connectivity index (χ2v) is 4.51. The monoisotopic (exact) mass is 248 g/mol. The summed E-state index contributed by atoms with van der Waals surface area (Å²) in [5, 5.41) is 21.4. The first-order valence-electron chi connectivity index (χ1n) is 6.12. The highest BCUT2D eigenvalue weighted by molar-refractivity contribution is 5.28. The van der Waals surface area contributed by atoms with E-state index in [-0.39, 0.29) is 6.61 Å². The Kier molecular flexibility index (Phi) is 6.20. The molecule has 0 aromatic heterocycles. The number of aliphatic hydroxyl groups is 1. The predicted molar refractivity (Wildman–Crippen MR) is 70.4 cm³/mol. The zero-order valence-electron chi connectivity index (χ0n) is 10.9. The van der Waals surface area contributed by atoms with Gasteiger partial charge in [-0.05, 0) is 17.7 Å². The maximum Gasteiger partial charge on any atom is 0.119 e. The number of hydrogen-bond donors (Lipinski definition) is 2. The summed E-state index contributed by atoms with van der Waals surface area (Å²) in [5.41, 5.74) is 0.965. The fourth-order valence-electron chi connectivity index (χ4n) is 1.42. The van der Waals surface area contributed by atoms with Gasteiger partial charge in [0.15, 0.2) is 0 Å². The summed E-state index contributed by atoms with van der Waals surface area (Å²) in [6.07, 6.45) is -0.118. The standard InChI is InChI=1S/C14H20N2O2/c1-11(2)16-9-13(17)10-18-14-5-3-12(4-6-14)7-8-15/h3-6,11,13,16-17H,7,9-10H2,1-2H3. The molecule has 18 heavy (non-hydrogen) atoms. The van der Waals surface area contributed by atoms with Crippen molar-refractivity contribution in [2.45, 2.75) is 32.4 Å². The van der Waals surface area contributed by atoms with Crippen LogP contribution in [0.3, 0.4) is 0 Å². The van der Waals surface area contributed by atoms with Crippen molar-refractivity contribution in [3.63, 3.8) is 0 Å². The lowest BCUT2D eigenvalue weighted by molar-refractivity contribution is 0.104. The van der Waals surface area contributed by atoms with Crippen LogP contribution in [-0.4, -0.2) is 30.4 Å². The number of nitrogens with one attached hydrogen (secondary N) is 1. The lowest BCUT2D eigenvalue weighted by Gasteiger charge is -2.15. The van der Waals surface area contributed by atoms with Crippen molar-refractivity contribution in [3.05, 3.63) is 29.8 Å². The normalized spacial score (nSPS) is 12.2. The van der Waals surface area contributed by atoms with E-state index >= 15 is 0 Å². The first-order valence-corrected chi connectivity index (χ1v) is 6.12. The summed E-state index contributed by atoms with van der Waals surface area (Å²) < 4.78 is 5.46. The SMILES string of the molecule is CC(C)NCC(O)COc1ccc(CC#N)cc1. The predicted octanol–water partition coefficient (Wildman–Crippen LogP) is 1.49. The largest absolute Gasteiger partial charge is 0.491 e. The van der Waals surface area contributed by atoms with E-state index in [1.165, 1.54) is 0 Å². The van der Waals surface area contributed by atoms with E-state index in [2.05, 4.69) is 11.4 Å². The third-order valence-corrected chi connectivity index (χ3v) is 2.41. The Hall–Kier alpha value is -1.57. The van der Waals surface area contributed by atoms with Crippen LogP contribution in [0.4, 0.5) is 0 Å². The molecule has 1 aromatic carbocycles. The van der Waals surface area contributed by atoms with E-state index in [1.807, 2.05) is 38.1 Å². The molecule has 0 saturated heterocycles. The highest BCUT2D eigenvalue weighted by Gasteiger charge is 2.05. The van der Waals surface area contributed by atoms with E-state index in [1.54, 1.807) is 0 Å². The van der Waals surface area contributed by atoms with E-state index in [4.69, 9.17) is 10.00 Å². The van der Waals surface area contributed by atoms with E-state index < -0.39 is 6.10 Å². The van der Waals surface area contributed by atoms with Crippen molar-refractivity contribution < 1.29 is 9.84 Å². The van der Waals surface area contributed by atoms with Crippen molar-refractivity contribution >= 4 is 0 Å². The highest BCUT2D eigenvalue weighted by Crippen LogP contribution is 2.12. The fraction of sp³-hybridized carbons (Fsp3) is 0.500. The van der Waals surface area contributed by atoms with Crippen LogP contribution in [0.2, 0.25) is 0 Å². The lowest BCUT2D eigenvalue weighted by Crippen LogP contribution is -2.35.